The molecule has 11 heteroatoms. The van der Waals surface area contributed by atoms with Gasteiger partial charge in [0.1, 0.15) is 22.6 Å². The molecule has 1 aliphatic rings. The molecule has 0 bridgehead atoms. The van der Waals surface area contributed by atoms with Crippen LogP contribution in [0.2, 0.25) is 0 Å². The molecule has 0 unspecified atom stereocenters. The molecule has 0 aliphatic heterocycles. The van der Waals surface area contributed by atoms with E-state index in [2.05, 4.69) is 25.6 Å². The summed E-state index contributed by atoms with van der Waals surface area (Å²) in [6.45, 7) is 0. The Morgan fingerprint density at radius 3 is 2.29 bits per heavy atom. The van der Waals surface area contributed by atoms with Crippen LogP contribution in [0.5, 0.6) is 11.5 Å². The largest absolute Gasteiger partial charge is 0.453 e. The molecule has 2 amide bonds. The topological polar surface area (TPSA) is 126 Å². The molecule has 4 aromatic rings. The van der Waals surface area contributed by atoms with Crippen molar-refractivity contribution in [2.24, 2.45) is 5.41 Å². The molecule has 1 saturated carbocycles. The maximum atomic E-state index is 14.8. The van der Waals surface area contributed by atoms with Crippen LogP contribution in [0.25, 0.3) is 11.0 Å². The predicted molar refractivity (Wildman–Crippen MR) is 122 cm³/mol. The van der Waals surface area contributed by atoms with Crippen molar-refractivity contribution >= 4 is 34.2 Å². The Morgan fingerprint density at radius 1 is 0.914 bits per heavy atom. The minimum Gasteiger partial charge on any atom is -0.453 e. The van der Waals surface area contributed by atoms with Gasteiger partial charge in [-0.05, 0) is 55.3 Å². The van der Waals surface area contributed by atoms with Gasteiger partial charge in [-0.15, -0.1) is 0 Å². The minimum absolute atomic E-state index is 0.128. The number of nitrogens with one attached hydrogen (secondary N) is 3. The molecule has 1 aliphatic carbocycles. The summed E-state index contributed by atoms with van der Waals surface area (Å²) < 4.78 is 33.5. The molecule has 35 heavy (non-hydrogen) atoms. The molecular weight excluding hydrogens is 460 g/mol. The fraction of sp³-hybridized carbons (Fsp3) is 0.125. The Morgan fingerprint density at radius 2 is 1.60 bits per heavy atom. The molecule has 2 aromatic carbocycles. The summed E-state index contributed by atoms with van der Waals surface area (Å²) >= 11 is 0. The van der Waals surface area contributed by atoms with E-state index in [9.17, 15) is 23.2 Å². The summed E-state index contributed by atoms with van der Waals surface area (Å²) in [6, 6.07) is 10.5. The first-order valence-electron chi connectivity index (χ1n) is 10.5. The lowest BCUT2D eigenvalue weighted by Gasteiger charge is -2.16. The quantitative estimate of drug-likeness (QED) is 0.363. The number of rotatable bonds is 6. The average molecular weight is 477 g/mol. The van der Waals surface area contributed by atoms with Gasteiger partial charge in [-0.3, -0.25) is 14.6 Å². The highest BCUT2D eigenvalue weighted by atomic mass is 19.1. The first-order chi connectivity index (χ1) is 16.8. The van der Waals surface area contributed by atoms with Crippen molar-refractivity contribution in [3.05, 3.63) is 83.0 Å². The zero-order valence-corrected chi connectivity index (χ0v) is 18.0. The molecule has 0 atom stereocenters. The number of hydrogen-bond donors (Lipinski definition) is 3. The second-order valence-electron chi connectivity index (χ2n) is 8.00. The van der Waals surface area contributed by atoms with Gasteiger partial charge < -0.3 is 15.4 Å². The Hall–Kier alpha value is -4.67. The Labute approximate surface area is 196 Å². The van der Waals surface area contributed by atoms with Crippen molar-refractivity contribution in [3.63, 3.8) is 0 Å². The molecule has 0 saturated heterocycles. The van der Waals surface area contributed by atoms with E-state index in [1.165, 1.54) is 54.9 Å². The van der Waals surface area contributed by atoms with Gasteiger partial charge in [0.2, 0.25) is 11.8 Å². The van der Waals surface area contributed by atoms with Crippen LogP contribution in [-0.2, 0) is 9.59 Å². The first-order valence-corrected chi connectivity index (χ1v) is 10.5. The zero-order valence-electron chi connectivity index (χ0n) is 18.0. The molecule has 1 fully saturated rings. The average Bonchev–Trinajstić information content (AvgIpc) is 3.65. The maximum Gasteiger partial charge on any atom is 0.346 e. The van der Waals surface area contributed by atoms with Gasteiger partial charge in [-0.1, -0.05) is 0 Å². The molecule has 0 radical (unpaired) electrons. The molecule has 5 rings (SSSR count). The van der Waals surface area contributed by atoms with Crippen LogP contribution in [0.1, 0.15) is 12.8 Å². The molecule has 9 nitrogen and oxygen atoms in total. The van der Waals surface area contributed by atoms with E-state index >= 15 is 0 Å². The van der Waals surface area contributed by atoms with Crippen LogP contribution < -0.4 is 21.1 Å². The number of benzene rings is 2. The Kier molecular flexibility index (Phi) is 5.44. The number of amides is 2. The highest BCUT2D eigenvalue weighted by molar-refractivity contribution is 6.16. The lowest BCUT2D eigenvalue weighted by atomic mass is 10.0. The van der Waals surface area contributed by atoms with Crippen molar-refractivity contribution in [2.75, 3.05) is 10.6 Å². The maximum absolute atomic E-state index is 14.8. The molecule has 176 valence electrons. The van der Waals surface area contributed by atoms with Gasteiger partial charge in [-0.2, -0.15) is 0 Å². The monoisotopic (exact) mass is 477 g/mol. The fourth-order valence-electron chi connectivity index (χ4n) is 3.52. The van der Waals surface area contributed by atoms with Crippen LogP contribution in [0.4, 0.5) is 20.2 Å². The molecule has 3 N–H and O–H groups in total. The van der Waals surface area contributed by atoms with Crippen molar-refractivity contribution in [3.8, 4) is 11.5 Å². The number of carbonyl (C=O) groups is 2. The van der Waals surface area contributed by atoms with Crippen molar-refractivity contribution < 1.29 is 23.1 Å². The van der Waals surface area contributed by atoms with E-state index in [0.29, 0.717) is 23.9 Å². The summed E-state index contributed by atoms with van der Waals surface area (Å²) in [4.78, 5) is 47.0. The number of pyridine rings is 1. The van der Waals surface area contributed by atoms with E-state index in [1.54, 1.807) is 0 Å². The summed E-state index contributed by atoms with van der Waals surface area (Å²) in [5, 5.41) is 5.57. The second kappa shape index (κ2) is 8.60. The summed E-state index contributed by atoms with van der Waals surface area (Å²) in [7, 11) is 0. The highest BCUT2D eigenvalue weighted by Gasteiger charge is 2.56. The molecule has 2 heterocycles. The fourth-order valence-corrected chi connectivity index (χ4v) is 3.52. The van der Waals surface area contributed by atoms with Gasteiger partial charge in [0, 0.05) is 29.8 Å². The number of hydrogen-bond acceptors (Lipinski definition) is 6. The highest BCUT2D eigenvalue weighted by Crippen LogP contribution is 2.47. The Bertz CT molecular complexity index is 1520. The number of aromatic amines is 1. The van der Waals surface area contributed by atoms with Crippen LogP contribution >= 0.6 is 0 Å². The summed E-state index contributed by atoms with van der Waals surface area (Å²) in [5.41, 5.74) is -1.11. The third-order valence-corrected chi connectivity index (χ3v) is 5.62. The molecule has 0 spiro atoms. The number of ether oxygens (including phenoxy) is 1. The second-order valence-corrected chi connectivity index (χ2v) is 8.00. The number of carbonyl (C=O) groups excluding carboxylic acids is 2. The summed E-state index contributed by atoms with van der Waals surface area (Å²) in [6.07, 6.45) is 3.34. The predicted octanol–water partition coefficient (Wildman–Crippen LogP) is 3.75. The van der Waals surface area contributed by atoms with Crippen molar-refractivity contribution in [1.29, 1.82) is 0 Å². The van der Waals surface area contributed by atoms with E-state index in [4.69, 9.17) is 4.74 Å². The van der Waals surface area contributed by atoms with Gasteiger partial charge >= 0.3 is 5.69 Å². The smallest absolute Gasteiger partial charge is 0.346 e. The number of halogens is 2. The van der Waals surface area contributed by atoms with E-state index in [-0.39, 0.29) is 22.8 Å². The Balaban J connectivity index is 1.29. The van der Waals surface area contributed by atoms with Crippen molar-refractivity contribution in [1.82, 2.24) is 15.0 Å². The summed E-state index contributed by atoms with van der Waals surface area (Å²) in [5.74, 6) is -2.19. The van der Waals surface area contributed by atoms with E-state index in [1.807, 2.05) is 0 Å². The van der Waals surface area contributed by atoms with Crippen LogP contribution in [0, 0.1) is 17.0 Å². The minimum atomic E-state index is -1.28. The van der Waals surface area contributed by atoms with Gasteiger partial charge in [0.15, 0.2) is 11.6 Å². The van der Waals surface area contributed by atoms with Gasteiger partial charge in [-0.25, -0.2) is 23.5 Å². The number of fused-ring (bicyclic) bond motifs is 1. The SMILES string of the molecule is O=C(Nc1ccc(F)cc1)C1(C(=O)Nc2ccc(Oc3ccnc4[nH]c(=O)ncc34)c(F)c2)CC1. The molecule has 2 aromatic heterocycles. The van der Waals surface area contributed by atoms with Gasteiger partial charge in [0.25, 0.3) is 0 Å². The lowest BCUT2D eigenvalue weighted by molar-refractivity contribution is -0.131. The van der Waals surface area contributed by atoms with Crippen LogP contribution in [-0.4, -0.2) is 26.8 Å². The molecular formula is C24H17F2N5O4. The first kappa shape index (κ1) is 22.1. The number of anilines is 2. The number of nitrogens with zero attached hydrogens (tertiary/aromatic N) is 2. The lowest BCUT2D eigenvalue weighted by Crippen LogP contribution is -2.35. The van der Waals surface area contributed by atoms with Crippen LogP contribution in [0.15, 0.2) is 65.7 Å². The standard InChI is InChI=1S/C24H17F2N5O4/c25-13-1-3-14(4-2-13)29-21(32)24(8-9-24)22(33)30-15-5-6-19(17(26)11-15)35-18-7-10-27-20-16(18)12-28-23(34)31-20/h1-7,10-12H,8-9H2,(H,29,32)(H,30,33)(H,27,28,31,34). The van der Waals surface area contributed by atoms with Crippen LogP contribution in [0.3, 0.4) is 0 Å². The third-order valence-electron chi connectivity index (χ3n) is 5.62. The van der Waals surface area contributed by atoms with E-state index in [0.717, 1.165) is 6.07 Å². The normalized spacial score (nSPS) is 13.8. The van der Waals surface area contributed by atoms with Crippen molar-refractivity contribution in [2.45, 2.75) is 12.8 Å². The number of H-pyrrole nitrogens is 1. The van der Waals surface area contributed by atoms with Gasteiger partial charge in [0.05, 0.1) is 5.39 Å². The number of aromatic nitrogens is 3. The van der Waals surface area contributed by atoms with E-state index < -0.39 is 34.6 Å². The zero-order chi connectivity index (χ0) is 24.6. The third kappa shape index (κ3) is 4.43.